The van der Waals surface area contributed by atoms with Gasteiger partial charge < -0.3 is 53.0 Å². The van der Waals surface area contributed by atoms with Crippen molar-refractivity contribution in [3.63, 3.8) is 0 Å². The van der Waals surface area contributed by atoms with E-state index in [9.17, 15) is 34.5 Å². The van der Waals surface area contributed by atoms with Crippen LogP contribution in [0.4, 0.5) is 34.5 Å². The molecular weight excluding hydrogens is 930 g/mol. The van der Waals surface area contributed by atoms with E-state index in [1.807, 2.05) is 0 Å². The molecule has 1 aliphatic heterocycles. The van der Waals surface area contributed by atoms with Crippen molar-refractivity contribution < 1.29 is 53.0 Å². The second kappa shape index (κ2) is 24.6. The van der Waals surface area contributed by atoms with Crippen molar-refractivity contribution in [3.8, 4) is 0 Å². The molecule has 0 radical (unpaired) electrons. The predicted octanol–water partition coefficient (Wildman–Crippen LogP) is 14.9. The fourth-order valence-electron chi connectivity index (χ4n) is 10.8. The zero-order valence-corrected chi connectivity index (χ0v) is 42.5. The zero-order chi connectivity index (χ0) is 52.2. The number of rotatable bonds is 16. The average molecular weight is 1000 g/mol. The van der Waals surface area contributed by atoms with E-state index < -0.39 is 20.3 Å². The van der Waals surface area contributed by atoms with E-state index >= 15 is 0 Å². The molecule has 0 bridgehead atoms. The summed E-state index contributed by atoms with van der Waals surface area (Å²) in [5.74, 6) is -0.238. The summed E-state index contributed by atoms with van der Waals surface area (Å²) < 4.78 is 95.7. The molecule has 2 fully saturated rings. The van der Waals surface area contributed by atoms with Crippen LogP contribution in [0.2, 0.25) is 0 Å². The molecule has 8 rings (SSSR count). The van der Waals surface area contributed by atoms with Crippen molar-refractivity contribution in [2.45, 2.75) is 104 Å². The van der Waals surface area contributed by atoms with E-state index in [1.165, 1.54) is 62.1 Å². The third kappa shape index (κ3) is 18.0. The van der Waals surface area contributed by atoms with Crippen LogP contribution in [0.1, 0.15) is 74.9 Å². The molecule has 72 heavy (non-hydrogen) atoms. The van der Waals surface area contributed by atoms with Crippen LogP contribution in [-0.2, 0) is 48.5 Å². The third-order valence-corrected chi connectivity index (χ3v) is 14.0. The van der Waals surface area contributed by atoms with Gasteiger partial charge >= 0.3 is 14.5 Å². The second-order valence-corrected chi connectivity index (χ2v) is 20.9. The molecule has 1 saturated carbocycles. The Morgan fingerprint density at radius 1 is 0.403 bits per heavy atom. The number of aryl methyl sites for hydroxylation is 4. The molecule has 0 N–H and O–H groups in total. The summed E-state index contributed by atoms with van der Waals surface area (Å²) >= 11 is 0. The summed E-state index contributed by atoms with van der Waals surface area (Å²) in [5.41, 5.74) is 13.3. The maximum absolute atomic E-state index is 9.75. The van der Waals surface area contributed by atoms with Crippen LogP contribution in [0.5, 0.6) is 0 Å². The van der Waals surface area contributed by atoms with Gasteiger partial charge in [0, 0.05) is 34.1 Å². The summed E-state index contributed by atoms with van der Waals surface area (Å²) in [6.07, 6.45) is 5.04. The number of nitrogens with zero attached hydrogens (tertiary/aromatic N) is 2. The average Bonchev–Trinajstić information content (AvgIpc) is 3.64. The molecule has 4 atom stereocenters. The molecule has 0 aromatic heterocycles. The number of benzene rings is 6. The van der Waals surface area contributed by atoms with Crippen LogP contribution in [-0.4, -0.2) is 68.7 Å². The van der Waals surface area contributed by atoms with E-state index in [2.05, 4.69) is 200 Å². The number of hydrogen-bond donors (Lipinski definition) is 0. The summed E-state index contributed by atoms with van der Waals surface area (Å²) in [5, 5.41) is 0. The van der Waals surface area contributed by atoms with E-state index in [-0.39, 0.29) is 24.0 Å². The summed E-state index contributed by atoms with van der Waals surface area (Å²) in [6.45, 7) is 14.1. The zero-order valence-electron chi connectivity index (χ0n) is 42.5. The molecule has 4 nitrogen and oxygen atoms in total. The van der Waals surface area contributed by atoms with Gasteiger partial charge in [-0.15, -0.1) is 0 Å². The number of halogens is 8. The Hall–Kier alpha value is -5.27. The Kier molecular flexibility index (Phi) is 19.2. The Morgan fingerprint density at radius 3 is 0.903 bits per heavy atom. The molecule has 2 aliphatic rings. The first-order valence-electron chi connectivity index (χ1n) is 25.0. The van der Waals surface area contributed by atoms with Crippen LogP contribution < -0.4 is 0 Å². The smallest absolute Gasteiger partial charge is 0.418 e. The van der Waals surface area contributed by atoms with Crippen LogP contribution >= 0.6 is 0 Å². The van der Waals surface area contributed by atoms with Crippen molar-refractivity contribution >= 4 is 14.5 Å². The fourth-order valence-corrected chi connectivity index (χ4v) is 10.8. The van der Waals surface area contributed by atoms with Gasteiger partial charge in [0.2, 0.25) is 0 Å². The lowest BCUT2D eigenvalue weighted by Crippen LogP contribution is -2.54. The van der Waals surface area contributed by atoms with Gasteiger partial charge in [-0.25, -0.2) is 0 Å². The Labute approximate surface area is 422 Å². The van der Waals surface area contributed by atoms with Crippen LogP contribution in [0, 0.1) is 39.5 Å². The predicted molar refractivity (Wildman–Crippen MR) is 276 cm³/mol. The van der Waals surface area contributed by atoms with Crippen molar-refractivity contribution in [1.82, 2.24) is 0 Å². The van der Waals surface area contributed by atoms with Crippen LogP contribution in [0.15, 0.2) is 158 Å². The fraction of sp³-hybridized carbons (Fsp3) is 0.379. The Morgan fingerprint density at radius 2 is 0.653 bits per heavy atom. The van der Waals surface area contributed by atoms with Crippen LogP contribution in [0.3, 0.4) is 0 Å². The highest BCUT2D eigenvalue weighted by atomic mass is 19.5. The largest absolute Gasteiger partial charge is 0.673 e. The maximum atomic E-state index is 9.75. The van der Waals surface area contributed by atoms with Crippen molar-refractivity contribution in [2.75, 3.05) is 27.2 Å². The molecule has 6 aromatic rings. The lowest BCUT2D eigenvalue weighted by atomic mass is 9.71. The van der Waals surface area contributed by atoms with E-state index in [4.69, 9.17) is 9.47 Å². The highest BCUT2D eigenvalue weighted by Crippen LogP contribution is 2.51. The maximum Gasteiger partial charge on any atom is 0.673 e. The monoisotopic (exact) mass is 1000 g/mol. The van der Waals surface area contributed by atoms with Gasteiger partial charge in [0.15, 0.2) is 5.79 Å². The molecule has 1 aliphatic carbocycles. The van der Waals surface area contributed by atoms with Gasteiger partial charge in [-0.2, -0.15) is 0 Å². The third-order valence-electron chi connectivity index (χ3n) is 14.0. The summed E-state index contributed by atoms with van der Waals surface area (Å²) in [7, 11) is -7.08. The normalized spacial score (nSPS) is 19.0. The lowest BCUT2D eigenvalue weighted by Gasteiger charge is -2.46. The van der Waals surface area contributed by atoms with Crippen molar-refractivity contribution in [1.29, 1.82) is 0 Å². The van der Waals surface area contributed by atoms with Crippen molar-refractivity contribution in [3.05, 3.63) is 213 Å². The van der Waals surface area contributed by atoms with Gasteiger partial charge in [0.1, 0.15) is 51.5 Å². The van der Waals surface area contributed by atoms with Gasteiger partial charge in [-0.05, 0) is 64.5 Å². The highest BCUT2D eigenvalue weighted by Gasteiger charge is 2.60. The molecule has 0 amide bonds. The summed E-state index contributed by atoms with van der Waals surface area (Å²) in [6, 6.07) is 59.0. The minimum Gasteiger partial charge on any atom is -0.418 e. The molecule has 1 saturated heterocycles. The highest BCUT2D eigenvalue weighted by molar-refractivity contribution is 6.50. The second-order valence-electron chi connectivity index (χ2n) is 20.9. The first-order chi connectivity index (χ1) is 33.9. The van der Waals surface area contributed by atoms with Crippen LogP contribution in [0.25, 0.3) is 0 Å². The molecule has 14 heteroatoms. The molecule has 6 aromatic carbocycles. The van der Waals surface area contributed by atoms with Gasteiger partial charge in [-0.1, -0.05) is 186 Å². The molecular formula is C58H70B2F8N2O2. The van der Waals surface area contributed by atoms with Gasteiger partial charge in [-0.3, -0.25) is 0 Å². The molecule has 2 unspecified atom stereocenters. The minimum atomic E-state index is -6.00. The standard InChI is InChI=1S/C58H70N2O2.2BF4/c1-44-20-28-50(29-21-44)38-59(5,39-51-30-22-45(2)23-31-51)42-56-57(43-60(6,40-52-32-24-46(3)25-33-52)41-53-34-26-47(4)27-35-53)62-58(61-56)54(36-48-14-9-7-10-15-48)18-13-19-55(58)37-49-16-11-8-12-17-49;2*2-1(3,4)5/h7-12,14-17,20-35,54-57H,13,18-19,36-43H2,1-6H3;;/q+2;2*-1/t54?,55?,56-,57-;;/m0../s1. The lowest BCUT2D eigenvalue weighted by molar-refractivity contribution is -0.944. The number of likely N-dealkylation sites (N-methyl/N-ethyl adjacent to an activating group) is 2. The quantitative estimate of drug-likeness (QED) is 0.0546. The minimum absolute atomic E-state index is 0.112. The van der Waals surface area contributed by atoms with Gasteiger partial charge in [0.05, 0.1) is 14.1 Å². The molecule has 1 spiro atoms. The van der Waals surface area contributed by atoms with E-state index in [0.717, 1.165) is 73.9 Å². The Bertz CT molecular complexity index is 2260. The topological polar surface area (TPSA) is 18.5 Å². The SMILES string of the molecule is Cc1ccc(C[N+](C)(Cc2ccc(C)cc2)C[C@@H]2OC3(O[C@H]2C[N+](C)(Cc2ccc(C)cc2)Cc2ccc(C)cc2)C(Cc2ccccc2)CCCC3Cc2ccccc2)cc1.F[B-](F)(F)F.F[B-](F)(F)F. The summed E-state index contributed by atoms with van der Waals surface area (Å²) in [4.78, 5) is 0. The number of quaternary nitrogens is 2. The van der Waals surface area contributed by atoms with E-state index in [1.54, 1.807) is 0 Å². The van der Waals surface area contributed by atoms with Crippen molar-refractivity contribution in [2.24, 2.45) is 11.8 Å². The molecule has 386 valence electrons. The first-order valence-corrected chi connectivity index (χ1v) is 25.0. The first kappa shape index (κ1) is 56.0. The number of hydrogen-bond acceptors (Lipinski definition) is 2. The number of ether oxygens (including phenoxy) is 2. The van der Waals surface area contributed by atoms with E-state index in [0.29, 0.717) is 0 Å². The Balaban J connectivity index is 0.000000772. The molecule has 1 heterocycles. The van der Waals surface area contributed by atoms with Gasteiger partial charge in [0.25, 0.3) is 0 Å².